The van der Waals surface area contributed by atoms with Gasteiger partial charge in [-0.3, -0.25) is 4.79 Å². The number of halogens is 1. The van der Waals surface area contributed by atoms with Crippen LogP contribution in [0.5, 0.6) is 0 Å². The normalized spacial score (nSPS) is 13.8. The Hall–Kier alpha value is -1.46. The van der Waals surface area contributed by atoms with Crippen molar-refractivity contribution in [2.75, 3.05) is 26.9 Å². The van der Waals surface area contributed by atoms with E-state index in [1.54, 1.807) is 12.1 Å². The predicted molar refractivity (Wildman–Crippen MR) is 74.9 cm³/mol. The van der Waals surface area contributed by atoms with Gasteiger partial charge in [0.05, 0.1) is 7.11 Å². The number of ether oxygens (including phenoxy) is 2. The first-order chi connectivity index (χ1) is 9.60. The summed E-state index contributed by atoms with van der Waals surface area (Å²) in [6.45, 7) is 3.12. The molecule has 1 aromatic rings. The van der Waals surface area contributed by atoms with Crippen molar-refractivity contribution in [3.63, 3.8) is 0 Å². The highest BCUT2D eigenvalue weighted by Gasteiger charge is 2.39. The minimum absolute atomic E-state index is 0.0647. The van der Waals surface area contributed by atoms with Crippen molar-refractivity contribution in [2.24, 2.45) is 5.73 Å². The topological polar surface area (TPSA) is 61.5 Å². The van der Waals surface area contributed by atoms with E-state index in [2.05, 4.69) is 0 Å². The molecule has 0 heterocycles. The van der Waals surface area contributed by atoms with Gasteiger partial charge in [0.25, 0.3) is 0 Å². The molecule has 5 heteroatoms. The van der Waals surface area contributed by atoms with Crippen molar-refractivity contribution in [2.45, 2.75) is 25.2 Å². The zero-order valence-corrected chi connectivity index (χ0v) is 12.0. The first-order valence-electron chi connectivity index (χ1n) is 6.73. The van der Waals surface area contributed by atoms with Crippen LogP contribution in [0.3, 0.4) is 0 Å². The van der Waals surface area contributed by atoms with Gasteiger partial charge < -0.3 is 15.2 Å². The second-order valence-electron chi connectivity index (χ2n) is 4.59. The molecule has 0 aromatic heterocycles. The highest BCUT2D eigenvalue weighted by Crippen LogP contribution is 2.30. The Morgan fingerprint density at radius 1 is 1.45 bits per heavy atom. The highest BCUT2D eigenvalue weighted by atomic mass is 19.1. The molecule has 0 spiro atoms. The van der Waals surface area contributed by atoms with Crippen molar-refractivity contribution in [3.8, 4) is 0 Å². The summed E-state index contributed by atoms with van der Waals surface area (Å²) in [4.78, 5) is 12.2. The van der Waals surface area contributed by atoms with Crippen LogP contribution < -0.4 is 5.73 Å². The number of hydrogen-bond donors (Lipinski definition) is 1. The van der Waals surface area contributed by atoms with Crippen LogP contribution in [0.25, 0.3) is 0 Å². The van der Waals surface area contributed by atoms with Crippen molar-refractivity contribution in [1.82, 2.24) is 0 Å². The summed E-state index contributed by atoms with van der Waals surface area (Å²) < 4.78 is 23.6. The molecule has 1 unspecified atom stereocenters. The Labute approximate surface area is 119 Å². The monoisotopic (exact) mass is 283 g/mol. The van der Waals surface area contributed by atoms with Gasteiger partial charge in [0.2, 0.25) is 0 Å². The summed E-state index contributed by atoms with van der Waals surface area (Å²) in [7, 11) is 1.31. The molecule has 0 aliphatic heterocycles. The van der Waals surface area contributed by atoms with Gasteiger partial charge in [-0.15, -0.1) is 0 Å². The van der Waals surface area contributed by atoms with Gasteiger partial charge in [-0.25, -0.2) is 4.39 Å². The van der Waals surface area contributed by atoms with Crippen LogP contribution in [0, 0.1) is 5.82 Å². The predicted octanol–water partition coefficient (Wildman–Crippen LogP) is 2.01. The molecule has 112 valence electrons. The lowest BCUT2D eigenvalue weighted by atomic mass is 9.76. The summed E-state index contributed by atoms with van der Waals surface area (Å²) in [6.07, 6.45) is 1.11. The van der Waals surface area contributed by atoms with Gasteiger partial charge in [0.1, 0.15) is 11.2 Å². The van der Waals surface area contributed by atoms with E-state index in [0.29, 0.717) is 31.6 Å². The Balaban J connectivity index is 3.02. The molecule has 0 bridgehead atoms. The number of esters is 1. The van der Waals surface area contributed by atoms with E-state index < -0.39 is 17.2 Å². The molecule has 1 rings (SSSR count). The third kappa shape index (κ3) is 3.77. The summed E-state index contributed by atoms with van der Waals surface area (Å²) in [6, 6.07) is 5.95. The molecule has 0 fully saturated rings. The van der Waals surface area contributed by atoms with Crippen LogP contribution >= 0.6 is 0 Å². The van der Waals surface area contributed by atoms with E-state index in [1.165, 1.54) is 19.2 Å². The summed E-state index contributed by atoms with van der Waals surface area (Å²) in [5.74, 6) is -0.837. The van der Waals surface area contributed by atoms with E-state index in [1.807, 2.05) is 6.92 Å². The number of carbonyl (C=O) groups is 1. The smallest absolute Gasteiger partial charge is 0.317 e. The number of benzene rings is 1. The van der Waals surface area contributed by atoms with Crippen molar-refractivity contribution >= 4 is 5.97 Å². The molecule has 0 radical (unpaired) electrons. The molecule has 1 aromatic carbocycles. The van der Waals surface area contributed by atoms with Crippen LogP contribution in [0.4, 0.5) is 4.39 Å². The SMILES string of the molecule is CCOCCCC(CN)(C(=O)OC)c1cccc(F)c1. The van der Waals surface area contributed by atoms with Gasteiger partial charge in [-0.05, 0) is 37.5 Å². The van der Waals surface area contributed by atoms with Gasteiger partial charge in [-0.1, -0.05) is 12.1 Å². The first kappa shape index (κ1) is 16.6. The van der Waals surface area contributed by atoms with E-state index >= 15 is 0 Å². The van der Waals surface area contributed by atoms with Crippen molar-refractivity contribution < 1.29 is 18.7 Å². The quantitative estimate of drug-likeness (QED) is 0.585. The van der Waals surface area contributed by atoms with Gasteiger partial charge in [0, 0.05) is 19.8 Å². The molecule has 4 nitrogen and oxygen atoms in total. The largest absolute Gasteiger partial charge is 0.468 e. The minimum atomic E-state index is -1.02. The maximum atomic E-state index is 13.4. The lowest BCUT2D eigenvalue weighted by Crippen LogP contribution is -2.44. The number of rotatable bonds is 8. The zero-order chi connectivity index (χ0) is 15.0. The molecule has 0 saturated carbocycles. The summed E-state index contributed by atoms with van der Waals surface area (Å²) >= 11 is 0. The van der Waals surface area contributed by atoms with Crippen LogP contribution in [-0.2, 0) is 19.7 Å². The maximum Gasteiger partial charge on any atom is 0.317 e. The van der Waals surface area contributed by atoms with Crippen molar-refractivity contribution in [1.29, 1.82) is 0 Å². The second kappa shape index (κ2) is 7.97. The molecule has 0 saturated heterocycles. The third-order valence-corrected chi connectivity index (χ3v) is 3.40. The van der Waals surface area contributed by atoms with E-state index in [9.17, 15) is 9.18 Å². The van der Waals surface area contributed by atoms with E-state index in [-0.39, 0.29) is 6.54 Å². The van der Waals surface area contributed by atoms with Crippen LogP contribution in [0.2, 0.25) is 0 Å². The first-order valence-corrected chi connectivity index (χ1v) is 6.73. The standard InChI is InChI=1S/C15H22FNO3/c1-3-20-9-5-8-15(11-17,14(18)19-2)12-6-4-7-13(16)10-12/h4,6-7,10H,3,5,8-9,11,17H2,1-2H3. The van der Waals surface area contributed by atoms with E-state index in [4.69, 9.17) is 15.2 Å². The number of nitrogens with two attached hydrogens (primary N) is 1. The van der Waals surface area contributed by atoms with E-state index in [0.717, 1.165) is 0 Å². The summed E-state index contributed by atoms with van der Waals surface area (Å²) in [5.41, 5.74) is 5.34. The van der Waals surface area contributed by atoms with Crippen LogP contribution in [-0.4, -0.2) is 32.8 Å². The third-order valence-electron chi connectivity index (χ3n) is 3.40. The van der Waals surface area contributed by atoms with Gasteiger partial charge in [-0.2, -0.15) is 0 Å². The fraction of sp³-hybridized carbons (Fsp3) is 0.533. The Bertz CT molecular complexity index is 439. The molecule has 0 aliphatic rings. The molecule has 20 heavy (non-hydrogen) atoms. The van der Waals surface area contributed by atoms with Gasteiger partial charge in [0.15, 0.2) is 0 Å². The number of methoxy groups -OCH3 is 1. The molecular weight excluding hydrogens is 261 g/mol. The minimum Gasteiger partial charge on any atom is -0.468 e. The number of carbonyl (C=O) groups excluding carboxylic acids is 1. The van der Waals surface area contributed by atoms with Crippen LogP contribution in [0.15, 0.2) is 24.3 Å². The average molecular weight is 283 g/mol. The second-order valence-corrected chi connectivity index (χ2v) is 4.59. The Kier molecular flexibility index (Phi) is 6.61. The molecule has 1 atom stereocenters. The molecule has 2 N–H and O–H groups in total. The highest BCUT2D eigenvalue weighted by molar-refractivity contribution is 5.83. The fourth-order valence-corrected chi connectivity index (χ4v) is 2.27. The van der Waals surface area contributed by atoms with Crippen molar-refractivity contribution in [3.05, 3.63) is 35.6 Å². The Morgan fingerprint density at radius 3 is 2.75 bits per heavy atom. The van der Waals surface area contributed by atoms with Crippen LogP contribution in [0.1, 0.15) is 25.3 Å². The lowest BCUT2D eigenvalue weighted by Gasteiger charge is -2.30. The average Bonchev–Trinajstić information content (AvgIpc) is 2.47. The zero-order valence-electron chi connectivity index (χ0n) is 12.0. The number of hydrogen-bond acceptors (Lipinski definition) is 4. The Morgan fingerprint density at radius 2 is 2.20 bits per heavy atom. The lowest BCUT2D eigenvalue weighted by molar-refractivity contribution is -0.147. The molecule has 0 aliphatic carbocycles. The van der Waals surface area contributed by atoms with Gasteiger partial charge >= 0.3 is 5.97 Å². The maximum absolute atomic E-state index is 13.4. The summed E-state index contributed by atoms with van der Waals surface area (Å²) in [5, 5.41) is 0. The fourth-order valence-electron chi connectivity index (χ4n) is 2.27. The molecular formula is C15H22FNO3. The molecule has 0 amide bonds.